The Kier molecular flexibility index (Phi) is 3.44. The lowest BCUT2D eigenvalue weighted by molar-refractivity contribution is -0.149. The number of carbonyl (C=O) groups is 2. The van der Waals surface area contributed by atoms with E-state index in [1.165, 1.54) is 5.56 Å². The molecule has 1 aromatic carbocycles. The van der Waals surface area contributed by atoms with E-state index in [1.807, 2.05) is 24.3 Å². The number of carbonyl (C=O) groups excluding carboxylic acids is 1. The summed E-state index contributed by atoms with van der Waals surface area (Å²) in [7, 11) is 0. The van der Waals surface area contributed by atoms with Gasteiger partial charge >= 0.3 is 5.97 Å². The maximum atomic E-state index is 12.1. The molecule has 0 radical (unpaired) electrons. The predicted octanol–water partition coefficient (Wildman–Crippen LogP) is 0.932. The van der Waals surface area contributed by atoms with Gasteiger partial charge in [-0.25, -0.2) is 4.79 Å². The summed E-state index contributed by atoms with van der Waals surface area (Å²) in [6, 6.07) is 7.91. The van der Waals surface area contributed by atoms with Gasteiger partial charge in [0, 0.05) is 19.1 Å². The van der Waals surface area contributed by atoms with Gasteiger partial charge in [0.25, 0.3) is 0 Å². The van der Waals surface area contributed by atoms with Crippen molar-refractivity contribution in [1.29, 1.82) is 0 Å². The number of fused-ring (bicyclic) bond motifs is 1. The Hall–Kier alpha value is -1.88. The first-order valence-corrected chi connectivity index (χ1v) is 6.86. The van der Waals surface area contributed by atoms with E-state index >= 15 is 0 Å². The third-order valence-corrected chi connectivity index (χ3v) is 4.17. The summed E-state index contributed by atoms with van der Waals surface area (Å²) in [5.41, 5.74) is 2.31. The summed E-state index contributed by atoms with van der Waals surface area (Å²) in [5.74, 6) is -1.18. The normalized spacial score (nSPS) is 27.5. The van der Waals surface area contributed by atoms with Crippen molar-refractivity contribution in [2.24, 2.45) is 5.92 Å². The minimum atomic E-state index is -0.948. The average Bonchev–Trinajstić information content (AvgIpc) is 2.86. The van der Waals surface area contributed by atoms with Crippen molar-refractivity contribution in [1.82, 2.24) is 5.32 Å². The van der Waals surface area contributed by atoms with Crippen LogP contribution in [0.4, 0.5) is 0 Å². The molecule has 0 aromatic heterocycles. The van der Waals surface area contributed by atoms with Gasteiger partial charge in [-0.05, 0) is 24.0 Å². The van der Waals surface area contributed by atoms with Crippen molar-refractivity contribution >= 4 is 11.9 Å². The summed E-state index contributed by atoms with van der Waals surface area (Å²) in [4.78, 5) is 23.1. The van der Waals surface area contributed by atoms with Gasteiger partial charge in [0.1, 0.15) is 0 Å². The van der Waals surface area contributed by atoms with Crippen LogP contribution in [0.15, 0.2) is 24.3 Å². The van der Waals surface area contributed by atoms with Crippen LogP contribution in [0.2, 0.25) is 0 Å². The lowest BCUT2D eigenvalue weighted by Crippen LogP contribution is -2.40. The fourth-order valence-corrected chi connectivity index (χ4v) is 2.96. The number of amides is 1. The van der Waals surface area contributed by atoms with Gasteiger partial charge in [-0.1, -0.05) is 24.3 Å². The Bertz CT molecular complexity index is 542. The van der Waals surface area contributed by atoms with Gasteiger partial charge in [0.2, 0.25) is 5.91 Å². The molecule has 2 aliphatic rings. The molecule has 20 heavy (non-hydrogen) atoms. The minimum absolute atomic E-state index is 0.0141. The molecule has 1 aromatic rings. The van der Waals surface area contributed by atoms with Gasteiger partial charge in [-0.3, -0.25) is 4.79 Å². The smallest absolute Gasteiger partial charge is 0.333 e. The zero-order valence-electron chi connectivity index (χ0n) is 11.0. The number of hydrogen-bond acceptors (Lipinski definition) is 3. The maximum absolute atomic E-state index is 12.1. The summed E-state index contributed by atoms with van der Waals surface area (Å²) >= 11 is 0. The van der Waals surface area contributed by atoms with Crippen LogP contribution < -0.4 is 5.32 Å². The zero-order valence-corrected chi connectivity index (χ0v) is 11.0. The van der Waals surface area contributed by atoms with Gasteiger partial charge in [-0.15, -0.1) is 0 Å². The molecular weight excluding hydrogens is 258 g/mol. The molecule has 5 heteroatoms. The third kappa shape index (κ3) is 2.29. The summed E-state index contributed by atoms with van der Waals surface area (Å²) in [6.45, 7) is 0.818. The number of carboxylic acid groups (broad SMARTS) is 1. The van der Waals surface area contributed by atoms with Gasteiger partial charge in [0.05, 0.1) is 5.92 Å². The fraction of sp³-hybridized carbons (Fsp3) is 0.467. The molecule has 1 aliphatic heterocycles. The number of rotatable bonds is 4. The van der Waals surface area contributed by atoms with Crippen LogP contribution in [0.3, 0.4) is 0 Å². The van der Waals surface area contributed by atoms with E-state index < -0.39 is 12.1 Å². The fourth-order valence-electron chi connectivity index (χ4n) is 2.96. The van der Waals surface area contributed by atoms with Crippen LogP contribution in [0.25, 0.3) is 0 Å². The number of ether oxygens (including phenoxy) is 1. The van der Waals surface area contributed by atoms with Gasteiger partial charge in [-0.2, -0.15) is 0 Å². The quantitative estimate of drug-likeness (QED) is 0.857. The number of benzene rings is 1. The van der Waals surface area contributed by atoms with E-state index in [-0.39, 0.29) is 17.7 Å². The number of nitrogens with one attached hydrogen (secondary N) is 1. The van der Waals surface area contributed by atoms with E-state index in [0.717, 1.165) is 12.0 Å². The highest BCUT2D eigenvalue weighted by Gasteiger charge is 2.36. The Balaban J connectivity index is 1.55. The molecule has 5 nitrogen and oxygen atoms in total. The van der Waals surface area contributed by atoms with Crippen LogP contribution in [0.1, 0.15) is 23.5 Å². The van der Waals surface area contributed by atoms with Crippen LogP contribution in [-0.4, -0.2) is 36.2 Å². The Morgan fingerprint density at radius 2 is 2.15 bits per heavy atom. The summed E-state index contributed by atoms with van der Waals surface area (Å²) in [5, 5.41) is 11.9. The standard InChI is InChI=1S/C15H17NO4/c17-14(12-7-9-3-1-2-4-11(9)12)16-8-10-5-6-20-13(10)15(18)19/h1-4,10,12-13H,5-8H2,(H,16,17)(H,18,19)/t10-,12?,13-/m1/s1. The molecule has 2 N–H and O–H groups in total. The Morgan fingerprint density at radius 3 is 2.90 bits per heavy atom. The SMILES string of the molecule is O=C(NC[C@H]1CCO[C@H]1C(=O)O)C1Cc2ccccc21. The van der Waals surface area contributed by atoms with Crippen LogP contribution >= 0.6 is 0 Å². The first kappa shape index (κ1) is 13.1. The molecule has 3 rings (SSSR count). The number of hydrogen-bond donors (Lipinski definition) is 2. The van der Waals surface area contributed by atoms with Crippen molar-refractivity contribution < 1.29 is 19.4 Å². The highest BCUT2D eigenvalue weighted by atomic mass is 16.5. The van der Waals surface area contributed by atoms with Crippen molar-refractivity contribution in [2.75, 3.05) is 13.2 Å². The van der Waals surface area contributed by atoms with Crippen LogP contribution in [0, 0.1) is 5.92 Å². The number of aliphatic carboxylic acids is 1. The predicted molar refractivity (Wildman–Crippen MR) is 71.4 cm³/mol. The second-order valence-corrected chi connectivity index (χ2v) is 5.38. The lowest BCUT2D eigenvalue weighted by atomic mass is 9.77. The van der Waals surface area contributed by atoms with Gasteiger partial charge < -0.3 is 15.2 Å². The number of carboxylic acids is 1. The van der Waals surface area contributed by atoms with Crippen molar-refractivity contribution in [3.05, 3.63) is 35.4 Å². The second-order valence-electron chi connectivity index (χ2n) is 5.38. The van der Waals surface area contributed by atoms with Crippen molar-refractivity contribution in [3.8, 4) is 0 Å². The molecule has 106 valence electrons. The summed E-state index contributed by atoms with van der Waals surface area (Å²) < 4.78 is 5.17. The molecule has 1 aliphatic carbocycles. The summed E-state index contributed by atoms with van der Waals surface area (Å²) in [6.07, 6.45) is 0.660. The molecule has 0 spiro atoms. The molecule has 1 unspecified atom stereocenters. The first-order valence-electron chi connectivity index (χ1n) is 6.86. The van der Waals surface area contributed by atoms with Crippen molar-refractivity contribution in [3.63, 3.8) is 0 Å². The minimum Gasteiger partial charge on any atom is -0.479 e. The zero-order chi connectivity index (χ0) is 14.1. The van der Waals surface area contributed by atoms with Gasteiger partial charge in [0.15, 0.2) is 6.10 Å². The highest BCUT2D eigenvalue weighted by Crippen LogP contribution is 2.34. The molecule has 1 saturated heterocycles. The second kappa shape index (κ2) is 5.25. The molecular formula is C15H17NO4. The first-order chi connectivity index (χ1) is 9.66. The van der Waals surface area contributed by atoms with E-state index in [2.05, 4.69) is 5.32 Å². The van der Waals surface area contributed by atoms with Crippen molar-refractivity contribution in [2.45, 2.75) is 24.9 Å². The van der Waals surface area contributed by atoms with E-state index in [1.54, 1.807) is 0 Å². The van der Waals surface area contributed by atoms with E-state index in [0.29, 0.717) is 19.6 Å². The molecule has 1 fully saturated rings. The monoisotopic (exact) mass is 275 g/mol. The maximum Gasteiger partial charge on any atom is 0.333 e. The lowest BCUT2D eigenvalue weighted by Gasteiger charge is -2.29. The topological polar surface area (TPSA) is 75.6 Å². The molecule has 0 saturated carbocycles. The Labute approximate surface area is 116 Å². The van der Waals surface area contributed by atoms with Crippen LogP contribution in [0.5, 0.6) is 0 Å². The average molecular weight is 275 g/mol. The Morgan fingerprint density at radius 1 is 1.35 bits per heavy atom. The largest absolute Gasteiger partial charge is 0.479 e. The van der Waals surface area contributed by atoms with E-state index in [9.17, 15) is 9.59 Å². The molecule has 1 amide bonds. The third-order valence-electron chi connectivity index (χ3n) is 4.17. The molecule has 3 atom stereocenters. The van der Waals surface area contributed by atoms with Crippen LogP contribution in [-0.2, 0) is 20.7 Å². The molecule has 1 heterocycles. The molecule has 0 bridgehead atoms. The van der Waals surface area contributed by atoms with E-state index in [4.69, 9.17) is 9.84 Å². The highest BCUT2D eigenvalue weighted by molar-refractivity contribution is 5.86.